The number of hydrogen-bond donors (Lipinski definition) is 0. The van der Waals surface area contributed by atoms with E-state index in [1.165, 1.54) is 12.0 Å². The van der Waals surface area contributed by atoms with Gasteiger partial charge in [0.2, 0.25) is 11.8 Å². The molecular formula is C26H36BrN3O3. The van der Waals surface area contributed by atoms with Crippen LogP contribution in [-0.4, -0.2) is 59.0 Å². The molecule has 0 spiro atoms. The number of rotatable bonds is 11. The molecule has 2 amide bonds. The summed E-state index contributed by atoms with van der Waals surface area (Å²) in [6.07, 6.45) is 8.04. The van der Waals surface area contributed by atoms with Crippen molar-refractivity contribution in [1.29, 1.82) is 0 Å². The maximum absolute atomic E-state index is 13.5. The number of hydrogen-bond acceptors (Lipinski definition) is 3. The van der Waals surface area contributed by atoms with Crippen molar-refractivity contribution in [3.63, 3.8) is 0 Å². The predicted molar refractivity (Wildman–Crippen MR) is 134 cm³/mol. The first-order valence-corrected chi connectivity index (χ1v) is 12.8. The molecule has 1 aliphatic carbocycles. The van der Waals surface area contributed by atoms with Gasteiger partial charge in [0, 0.05) is 49.0 Å². The third kappa shape index (κ3) is 7.44. The zero-order chi connectivity index (χ0) is 23.6. The van der Waals surface area contributed by atoms with Crippen molar-refractivity contribution >= 4 is 27.7 Å². The van der Waals surface area contributed by atoms with E-state index in [0.29, 0.717) is 26.1 Å². The van der Waals surface area contributed by atoms with E-state index in [0.717, 1.165) is 42.4 Å². The Hall–Kier alpha value is -2.12. The molecule has 0 bridgehead atoms. The average molecular weight is 518 g/mol. The molecule has 7 heteroatoms. The van der Waals surface area contributed by atoms with Crippen LogP contribution in [0.15, 0.2) is 47.1 Å². The van der Waals surface area contributed by atoms with Crippen molar-refractivity contribution in [2.24, 2.45) is 0 Å². The standard InChI is InChI=1S/C26H36BrN3O3/c1-3-25(31)29(16-17-33-2)20-26(32)30(23-8-5-4-6-9-23)19-24-10-7-15-28(24)18-21-11-13-22(27)14-12-21/h7,10-15,23H,3-6,8-9,16-20H2,1-2H3. The molecule has 1 saturated carbocycles. The first kappa shape index (κ1) is 25.5. The van der Waals surface area contributed by atoms with Crippen LogP contribution in [0.2, 0.25) is 0 Å². The summed E-state index contributed by atoms with van der Waals surface area (Å²) < 4.78 is 8.44. The van der Waals surface area contributed by atoms with E-state index in [-0.39, 0.29) is 24.4 Å². The molecule has 1 fully saturated rings. The largest absolute Gasteiger partial charge is 0.383 e. The average Bonchev–Trinajstić information content (AvgIpc) is 3.28. The normalized spacial score (nSPS) is 14.3. The van der Waals surface area contributed by atoms with Crippen LogP contribution in [0.1, 0.15) is 56.7 Å². The monoisotopic (exact) mass is 517 g/mol. The molecule has 1 heterocycles. The zero-order valence-corrected chi connectivity index (χ0v) is 21.4. The van der Waals surface area contributed by atoms with Crippen LogP contribution in [0.25, 0.3) is 0 Å². The highest BCUT2D eigenvalue weighted by Crippen LogP contribution is 2.25. The fraction of sp³-hybridized carbons (Fsp3) is 0.538. The highest BCUT2D eigenvalue weighted by atomic mass is 79.9. The summed E-state index contributed by atoms with van der Waals surface area (Å²) >= 11 is 3.49. The Kier molecular flexibility index (Phi) is 10.0. The van der Waals surface area contributed by atoms with Gasteiger partial charge in [0.05, 0.1) is 19.7 Å². The summed E-state index contributed by atoms with van der Waals surface area (Å²) in [7, 11) is 1.62. The maximum Gasteiger partial charge on any atom is 0.242 e. The smallest absolute Gasteiger partial charge is 0.242 e. The fourth-order valence-corrected chi connectivity index (χ4v) is 4.76. The minimum absolute atomic E-state index is 0.0115. The number of nitrogens with zero attached hydrogens (tertiary/aromatic N) is 3. The lowest BCUT2D eigenvalue weighted by atomic mass is 9.94. The van der Waals surface area contributed by atoms with Gasteiger partial charge in [0.15, 0.2) is 0 Å². The van der Waals surface area contributed by atoms with Gasteiger partial charge in [-0.2, -0.15) is 0 Å². The number of halogens is 1. The Morgan fingerprint density at radius 3 is 2.48 bits per heavy atom. The first-order chi connectivity index (χ1) is 16.0. The number of methoxy groups -OCH3 is 1. The van der Waals surface area contributed by atoms with Crippen molar-refractivity contribution in [3.8, 4) is 0 Å². The number of aromatic nitrogens is 1. The molecule has 0 saturated heterocycles. The lowest BCUT2D eigenvalue weighted by molar-refractivity contribution is -0.143. The van der Waals surface area contributed by atoms with Gasteiger partial charge in [0.25, 0.3) is 0 Å². The molecule has 6 nitrogen and oxygen atoms in total. The third-order valence-electron chi connectivity index (χ3n) is 6.40. The highest BCUT2D eigenvalue weighted by Gasteiger charge is 2.28. The summed E-state index contributed by atoms with van der Waals surface area (Å²) in [5.41, 5.74) is 2.33. The second kappa shape index (κ2) is 12.9. The Morgan fingerprint density at radius 2 is 1.82 bits per heavy atom. The summed E-state index contributed by atoms with van der Waals surface area (Å²) in [6, 6.07) is 12.7. The summed E-state index contributed by atoms with van der Waals surface area (Å²) in [6.45, 7) is 4.13. The lowest BCUT2D eigenvalue weighted by Crippen LogP contribution is -2.48. The van der Waals surface area contributed by atoms with E-state index in [4.69, 9.17) is 4.74 Å². The number of benzene rings is 1. The van der Waals surface area contributed by atoms with Gasteiger partial charge in [-0.1, -0.05) is 54.2 Å². The number of ether oxygens (including phenoxy) is 1. The quantitative estimate of drug-likeness (QED) is 0.428. The number of carbonyl (C=O) groups excluding carboxylic acids is 2. The lowest BCUT2D eigenvalue weighted by Gasteiger charge is -2.36. The first-order valence-electron chi connectivity index (χ1n) is 12.0. The molecular weight excluding hydrogens is 482 g/mol. The zero-order valence-electron chi connectivity index (χ0n) is 19.8. The third-order valence-corrected chi connectivity index (χ3v) is 6.93. The molecule has 1 aromatic heterocycles. The van der Waals surface area contributed by atoms with Crippen molar-refractivity contribution in [2.45, 2.75) is 64.6 Å². The Labute approximate surface area is 206 Å². The molecule has 0 aliphatic heterocycles. The van der Waals surface area contributed by atoms with Crippen LogP contribution in [0.4, 0.5) is 0 Å². The molecule has 3 rings (SSSR count). The van der Waals surface area contributed by atoms with Crippen molar-refractivity contribution in [3.05, 3.63) is 58.3 Å². The molecule has 33 heavy (non-hydrogen) atoms. The van der Waals surface area contributed by atoms with E-state index in [1.807, 2.05) is 17.9 Å². The van der Waals surface area contributed by atoms with Gasteiger partial charge in [0.1, 0.15) is 0 Å². The van der Waals surface area contributed by atoms with Gasteiger partial charge in [-0.05, 0) is 42.7 Å². The van der Waals surface area contributed by atoms with E-state index in [1.54, 1.807) is 12.0 Å². The van der Waals surface area contributed by atoms with Gasteiger partial charge >= 0.3 is 0 Å². The summed E-state index contributed by atoms with van der Waals surface area (Å²) in [5.74, 6) is 0.0128. The van der Waals surface area contributed by atoms with Crippen LogP contribution in [0, 0.1) is 0 Å². The minimum Gasteiger partial charge on any atom is -0.383 e. The number of carbonyl (C=O) groups is 2. The van der Waals surface area contributed by atoms with Gasteiger partial charge < -0.3 is 19.1 Å². The van der Waals surface area contributed by atoms with Crippen molar-refractivity contribution in [2.75, 3.05) is 26.8 Å². The van der Waals surface area contributed by atoms with Gasteiger partial charge in [-0.3, -0.25) is 9.59 Å². The van der Waals surface area contributed by atoms with Crippen LogP contribution >= 0.6 is 15.9 Å². The Bertz CT molecular complexity index is 890. The van der Waals surface area contributed by atoms with Crippen molar-refractivity contribution < 1.29 is 14.3 Å². The Morgan fingerprint density at radius 1 is 1.09 bits per heavy atom. The molecule has 0 atom stereocenters. The molecule has 180 valence electrons. The molecule has 0 radical (unpaired) electrons. The minimum atomic E-state index is -0.0115. The molecule has 0 unspecified atom stereocenters. The topological polar surface area (TPSA) is 54.8 Å². The SMILES string of the molecule is CCC(=O)N(CCOC)CC(=O)N(Cc1cccn1Cc1ccc(Br)cc1)C1CCCCC1. The number of amides is 2. The van der Waals surface area contributed by atoms with Gasteiger partial charge in [-0.15, -0.1) is 0 Å². The molecule has 1 aliphatic rings. The van der Waals surface area contributed by atoms with Gasteiger partial charge in [-0.25, -0.2) is 0 Å². The molecule has 2 aromatic rings. The fourth-order valence-electron chi connectivity index (χ4n) is 4.49. The summed E-state index contributed by atoms with van der Waals surface area (Å²) in [4.78, 5) is 29.7. The maximum atomic E-state index is 13.5. The van der Waals surface area contributed by atoms with Crippen LogP contribution in [0.5, 0.6) is 0 Å². The van der Waals surface area contributed by atoms with Crippen LogP contribution in [0.3, 0.4) is 0 Å². The van der Waals surface area contributed by atoms with E-state index >= 15 is 0 Å². The molecule has 1 aromatic carbocycles. The van der Waals surface area contributed by atoms with E-state index < -0.39 is 0 Å². The second-order valence-electron chi connectivity index (χ2n) is 8.73. The molecule has 0 N–H and O–H groups in total. The van der Waals surface area contributed by atoms with E-state index in [2.05, 4.69) is 57.0 Å². The Balaban J connectivity index is 1.77. The second-order valence-corrected chi connectivity index (χ2v) is 9.64. The van der Waals surface area contributed by atoms with E-state index in [9.17, 15) is 9.59 Å². The predicted octanol–water partition coefficient (Wildman–Crippen LogP) is 4.85. The van der Waals surface area contributed by atoms with Crippen molar-refractivity contribution in [1.82, 2.24) is 14.4 Å². The van der Waals surface area contributed by atoms with Crippen LogP contribution < -0.4 is 0 Å². The van der Waals surface area contributed by atoms with Crippen LogP contribution in [-0.2, 0) is 27.4 Å². The highest BCUT2D eigenvalue weighted by molar-refractivity contribution is 9.10. The summed E-state index contributed by atoms with van der Waals surface area (Å²) in [5, 5.41) is 0.